The molecule has 19 heavy (non-hydrogen) atoms. The first-order valence-corrected chi connectivity index (χ1v) is 6.97. The molecule has 0 unspecified atom stereocenters. The predicted molar refractivity (Wildman–Crippen MR) is 78.0 cm³/mol. The second-order valence-electron chi connectivity index (χ2n) is 5.16. The molecule has 0 saturated heterocycles. The molecule has 0 fully saturated rings. The van der Waals surface area contributed by atoms with E-state index in [0.29, 0.717) is 6.54 Å². The zero-order chi connectivity index (χ0) is 14.3. The number of carbonyl (C=O) groups is 1. The molecule has 1 rings (SSSR count). The van der Waals surface area contributed by atoms with Gasteiger partial charge in [0, 0.05) is 13.1 Å². The zero-order valence-corrected chi connectivity index (χ0v) is 12.5. The van der Waals surface area contributed by atoms with E-state index in [4.69, 9.17) is 4.74 Å². The minimum atomic E-state index is 0.0659. The van der Waals surface area contributed by atoms with E-state index in [0.717, 1.165) is 18.5 Å². The van der Waals surface area contributed by atoms with Crippen molar-refractivity contribution in [1.29, 1.82) is 0 Å². The van der Waals surface area contributed by atoms with Crippen LogP contribution in [0.25, 0.3) is 0 Å². The van der Waals surface area contributed by atoms with Gasteiger partial charge in [-0.05, 0) is 32.8 Å². The van der Waals surface area contributed by atoms with E-state index >= 15 is 0 Å². The first-order chi connectivity index (χ1) is 9.02. The fourth-order valence-corrected chi connectivity index (χ4v) is 1.80. The van der Waals surface area contributed by atoms with Crippen molar-refractivity contribution in [3.63, 3.8) is 0 Å². The molecule has 0 heterocycles. The lowest BCUT2D eigenvalue weighted by Crippen LogP contribution is -2.34. The van der Waals surface area contributed by atoms with E-state index < -0.39 is 0 Å². The van der Waals surface area contributed by atoms with Crippen molar-refractivity contribution < 1.29 is 9.53 Å². The van der Waals surface area contributed by atoms with Crippen molar-refractivity contribution in [2.45, 2.75) is 46.8 Å². The van der Waals surface area contributed by atoms with Crippen LogP contribution in [0.1, 0.15) is 38.3 Å². The normalized spacial score (nSPS) is 10.8. The van der Waals surface area contributed by atoms with Crippen LogP contribution >= 0.6 is 0 Å². The zero-order valence-electron chi connectivity index (χ0n) is 12.5. The van der Waals surface area contributed by atoms with Gasteiger partial charge in [-0.1, -0.05) is 36.8 Å². The molecular weight excluding hydrogens is 238 g/mol. The highest BCUT2D eigenvalue weighted by molar-refractivity contribution is 5.77. The Kier molecular flexibility index (Phi) is 6.57. The van der Waals surface area contributed by atoms with Gasteiger partial charge in [-0.2, -0.15) is 0 Å². The molecule has 1 aromatic rings. The van der Waals surface area contributed by atoms with Crippen LogP contribution in [-0.2, 0) is 16.1 Å². The molecule has 0 spiro atoms. The molecule has 0 atom stereocenters. The van der Waals surface area contributed by atoms with Crippen LogP contribution < -0.4 is 0 Å². The van der Waals surface area contributed by atoms with Gasteiger partial charge in [0.05, 0.1) is 6.10 Å². The molecule has 1 aromatic carbocycles. The molecule has 0 aliphatic carbocycles. The SMILES string of the molecule is CCCN(Cc1ccc(C)cc1)C(=O)COC(C)C. The molecule has 0 radical (unpaired) electrons. The molecule has 0 bridgehead atoms. The van der Waals surface area contributed by atoms with E-state index in [1.54, 1.807) is 0 Å². The lowest BCUT2D eigenvalue weighted by Gasteiger charge is -2.23. The van der Waals surface area contributed by atoms with Crippen LogP contribution in [-0.4, -0.2) is 30.1 Å². The second-order valence-corrected chi connectivity index (χ2v) is 5.16. The highest BCUT2D eigenvalue weighted by atomic mass is 16.5. The number of aryl methyl sites for hydroxylation is 1. The van der Waals surface area contributed by atoms with E-state index in [1.165, 1.54) is 5.56 Å². The van der Waals surface area contributed by atoms with Crippen LogP contribution in [0, 0.1) is 6.92 Å². The summed E-state index contributed by atoms with van der Waals surface area (Å²) in [5.74, 6) is 0.0659. The Hall–Kier alpha value is -1.35. The number of ether oxygens (including phenoxy) is 1. The minimum Gasteiger partial charge on any atom is -0.369 e. The quantitative estimate of drug-likeness (QED) is 0.756. The lowest BCUT2D eigenvalue weighted by atomic mass is 10.1. The highest BCUT2D eigenvalue weighted by Crippen LogP contribution is 2.08. The summed E-state index contributed by atoms with van der Waals surface area (Å²) in [6, 6.07) is 8.31. The molecule has 1 amide bonds. The standard InChI is InChI=1S/C16H25NO2/c1-5-10-17(16(18)12-19-13(2)3)11-15-8-6-14(4)7-9-15/h6-9,13H,5,10-12H2,1-4H3. The van der Waals surface area contributed by atoms with Crippen molar-refractivity contribution in [2.75, 3.05) is 13.2 Å². The minimum absolute atomic E-state index is 0.0659. The van der Waals surface area contributed by atoms with E-state index in [1.807, 2.05) is 18.7 Å². The number of amides is 1. The summed E-state index contributed by atoms with van der Waals surface area (Å²) >= 11 is 0. The number of hydrogen-bond donors (Lipinski definition) is 0. The number of hydrogen-bond acceptors (Lipinski definition) is 2. The van der Waals surface area contributed by atoms with Gasteiger partial charge in [0.2, 0.25) is 5.91 Å². The lowest BCUT2D eigenvalue weighted by molar-refractivity contribution is -0.138. The van der Waals surface area contributed by atoms with Gasteiger partial charge in [-0.15, -0.1) is 0 Å². The maximum atomic E-state index is 12.1. The molecule has 3 nitrogen and oxygen atoms in total. The Balaban J connectivity index is 2.61. The third kappa shape index (κ3) is 5.88. The molecule has 0 saturated carbocycles. The summed E-state index contributed by atoms with van der Waals surface area (Å²) in [5.41, 5.74) is 2.40. The predicted octanol–water partition coefficient (Wildman–Crippen LogP) is 3.16. The summed E-state index contributed by atoms with van der Waals surface area (Å²) in [7, 11) is 0. The van der Waals surface area contributed by atoms with Crippen molar-refractivity contribution in [3.8, 4) is 0 Å². The van der Waals surface area contributed by atoms with Gasteiger partial charge in [0.15, 0.2) is 0 Å². The maximum Gasteiger partial charge on any atom is 0.248 e. The monoisotopic (exact) mass is 263 g/mol. The Morgan fingerprint density at radius 1 is 1.26 bits per heavy atom. The molecular formula is C16H25NO2. The van der Waals surface area contributed by atoms with E-state index in [9.17, 15) is 4.79 Å². The molecule has 0 aliphatic heterocycles. The third-order valence-electron chi connectivity index (χ3n) is 2.88. The van der Waals surface area contributed by atoms with Crippen LogP contribution in [0.5, 0.6) is 0 Å². The molecule has 0 N–H and O–H groups in total. The van der Waals surface area contributed by atoms with Crippen LogP contribution in [0.2, 0.25) is 0 Å². The van der Waals surface area contributed by atoms with Gasteiger partial charge in [-0.3, -0.25) is 4.79 Å². The number of benzene rings is 1. The molecule has 106 valence electrons. The van der Waals surface area contributed by atoms with Gasteiger partial charge in [-0.25, -0.2) is 0 Å². The van der Waals surface area contributed by atoms with Crippen molar-refractivity contribution in [1.82, 2.24) is 4.90 Å². The Morgan fingerprint density at radius 2 is 1.89 bits per heavy atom. The smallest absolute Gasteiger partial charge is 0.248 e. The fraction of sp³-hybridized carbons (Fsp3) is 0.562. The Morgan fingerprint density at radius 3 is 2.42 bits per heavy atom. The molecule has 0 aliphatic rings. The van der Waals surface area contributed by atoms with Crippen molar-refractivity contribution in [3.05, 3.63) is 35.4 Å². The first kappa shape index (κ1) is 15.7. The molecule has 0 aromatic heterocycles. The van der Waals surface area contributed by atoms with E-state index in [2.05, 4.69) is 38.1 Å². The topological polar surface area (TPSA) is 29.5 Å². The van der Waals surface area contributed by atoms with Gasteiger partial charge in [0.25, 0.3) is 0 Å². The van der Waals surface area contributed by atoms with Gasteiger partial charge >= 0.3 is 0 Å². The Labute approximate surface area is 116 Å². The van der Waals surface area contributed by atoms with Crippen molar-refractivity contribution >= 4 is 5.91 Å². The third-order valence-corrected chi connectivity index (χ3v) is 2.88. The van der Waals surface area contributed by atoms with E-state index in [-0.39, 0.29) is 18.6 Å². The highest BCUT2D eigenvalue weighted by Gasteiger charge is 2.13. The summed E-state index contributed by atoms with van der Waals surface area (Å²) in [5, 5.41) is 0. The molecule has 3 heteroatoms. The number of carbonyl (C=O) groups excluding carboxylic acids is 1. The summed E-state index contributed by atoms with van der Waals surface area (Å²) < 4.78 is 5.40. The van der Waals surface area contributed by atoms with Crippen LogP contribution in [0.15, 0.2) is 24.3 Å². The number of rotatable bonds is 7. The number of nitrogens with zero attached hydrogens (tertiary/aromatic N) is 1. The summed E-state index contributed by atoms with van der Waals surface area (Å²) in [6.45, 7) is 9.63. The largest absolute Gasteiger partial charge is 0.369 e. The second kappa shape index (κ2) is 7.95. The van der Waals surface area contributed by atoms with Gasteiger partial charge < -0.3 is 9.64 Å². The maximum absolute atomic E-state index is 12.1. The van der Waals surface area contributed by atoms with Gasteiger partial charge in [0.1, 0.15) is 6.61 Å². The summed E-state index contributed by atoms with van der Waals surface area (Å²) in [6.07, 6.45) is 1.05. The average Bonchev–Trinajstić information content (AvgIpc) is 2.38. The fourth-order valence-electron chi connectivity index (χ4n) is 1.80. The summed E-state index contributed by atoms with van der Waals surface area (Å²) in [4.78, 5) is 14.0. The van der Waals surface area contributed by atoms with Crippen LogP contribution in [0.3, 0.4) is 0 Å². The Bertz CT molecular complexity index is 384. The van der Waals surface area contributed by atoms with Crippen molar-refractivity contribution in [2.24, 2.45) is 0 Å². The first-order valence-electron chi connectivity index (χ1n) is 6.97. The average molecular weight is 263 g/mol. The van der Waals surface area contributed by atoms with Crippen LogP contribution in [0.4, 0.5) is 0 Å².